The Labute approximate surface area is 115 Å². The van der Waals surface area contributed by atoms with E-state index < -0.39 is 20.9 Å². The summed E-state index contributed by atoms with van der Waals surface area (Å²) in [6.45, 7) is 1.88. The predicted molar refractivity (Wildman–Crippen MR) is 69.9 cm³/mol. The molecule has 0 aliphatic carbocycles. The van der Waals surface area contributed by atoms with Crippen LogP contribution in [0.4, 0.5) is 4.39 Å². The Morgan fingerprint density at radius 1 is 1.44 bits per heavy atom. The fraction of sp³-hybridized carbons (Fsp3) is 0.400. The van der Waals surface area contributed by atoms with Crippen molar-refractivity contribution in [2.75, 3.05) is 6.54 Å². The highest BCUT2D eigenvalue weighted by molar-refractivity contribution is 7.89. The number of benzene rings is 1. The molecule has 0 saturated carbocycles. The first-order valence-electron chi connectivity index (χ1n) is 5.18. The van der Waals surface area contributed by atoms with E-state index in [0.717, 1.165) is 12.1 Å². The molecule has 0 aliphatic rings. The average Bonchev–Trinajstić information content (AvgIpc) is 2.32. The lowest BCUT2D eigenvalue weighted by Gasteiger charge is -2.12. The third kappa shape index (κ3) is 3.55. The van der Waals surface area contributed by atoms with Gasteiger partial charge in [0.2, 0.25) is 10.0 Å². The number of hydrogen-bond acceptors (Lipinski definition) is 3. The van der Waals surface area contributed by atoms with Gasteiger partial charge in [0.15, 0.2) is 5.82 Å². The molecule has 4 nitrogen and oxygen atoms in total. The first kappa shape index (κ1) is 15.7. The minimum Gasteiger partial charge on any atom is -0.327 e. The SMILES string of the molecule is CCC(N)CNS(=O)(=O)c1ccc(Cl)c(F)c1Cl. The van der Waals surface area contributed by atoms with Gasteiger partial charge in [-0.05, 0) is 18.6 Å². The molecule has 1 aromatic rings. The molecule has 0 aromatic heterocycles. The molecular weight excluding hydrogens is 302 g/mol. The number of rotatable bonds is 5. The van der Waals surface area contributed by atoms with Crippen LogP contribution < -0.4 is 10.5 Å². The smallest absolute Gasteiger partial charge is 0.242 e. The summed E-state index contributed by atoms with van der Waals surface area (Å²) >= 11 is 11.1. The molecule has 0 radical (unpaired) electrons. The summed E-state index contributed by atoms with van der Waals surface area (Å²) in [6, 6.07) is 1.97. The molecule has 1 unspecified atom stereocenters. The fourth-order valence-electron chi connectivity index (χ4n) is 1.15. The molecule has 0 fully saturated rings. The van der Waals surface area contributed by atoms with Crippen LogP contribution in [0.3, 0.4) is 0 Å². The van der Waals surface area contributed by atoms with Crippen molar-refractivity contribution in [3.8, 4) is 0 Å². The average molecular weight is 315 g/mol. The van der Waals surface area contributed by atoms with Gasteiger partial charge in [0.05, 0.1) is 10.0 Å². The van der Waals surface area contributed by atoms with Gasteiger partial charge in [-0.1, -0.05) is 30.1 Å². The summed E-state index contributed by atoms with van der Waals surface area (Å²) in [4.78, 5) is -0.352. The molecule has 0 amide bonds. The second kappa shape index (κ2) is 6.16. The van der Waals surface area contributed by atoms with Crippen LogP contribution in [-0.4, -0.2) is 21.0 Å². The Balaban J connectivity index is 3.03. The van der Waals surface area contributed by atoms with Gasteiger partial charge >= 0.3 is 0 Å². The molecule has 0 bridgehead atoms. The van der Waals surface area contributed by atoms with Crippen LogP contribution in [0, 0.1) is 5.82 Å². The van der Waals surface area contributed by atoms with Gasteiger partial charge in [-0.15, -0.1) is 0 Å². The molecule has 3 N–H and O–H groups in total. The zero-order valence-electron chi connectivity index (χ0n) is 9.58. The number of sulfonamides is 1. The molecule has 1 aromatic carbocycles. The minimum atomic E-state index is -3.90. The zero-order valence-corrected chi connectivity index (χ0v) is 11.9. The Kier molecular flexibility index (Phi) is 5.36. The first-order chi connectivity index (χ1) is 8.29. The molecule has 1 rings (SSSR count). The normalized spacial score (nSPS) is 13.6. The topological polar surface area (TPSA) is 72.2 Å². The van der Waals surface area contributed by atoms with Crippen molar-refractivity contribution in [3.05, 3.63) is 28.0 Å². The van der Waals surface area contributed by atoms with Gasteiger partial charge in [-0.2, -0.15) is 0 Å². The maximum absolute atomic E-state index is 13.4. The molecule has 8 heteroatoms. The largest absolute Gasteiger partial charge is 0.327 e. The van der Waals surface area contributed by atoms with E-state index >= 15 is 0 Å². The Morgan fingerprint density at radius 2 is 2.06 bits per heavy atom. The number of halogens is 3. The van der Waals surface area contributed by atoms with Crippen molar-refractivity contribution in [3.63, 3.8) is 0 Å². The number of nitrogens with two attached hydrogens (primary N) is 1. The monoisotopic (exact) mass is 314 g/mol. The highest BCUT2D eigenvalue weighted by Crippen LogP contribution is 2.29. The van der Waals surface area contributed by atoms with Gasteiger partial charge in [0.25, 0.3) is 0 Å². The van der Waals surface area contributed by atoms with Crippen LogP contribution in [0.2, 0.25) is 10.0 Å². The van der Waals surface area contributed by atoms with Gasteiger partial charge in [-0.25, -0.2) is 17.5 Å². The lowest BCUT2D eigenvalue weighted by molar-refractivity contribution is 0.561. The summed E-state index contributed by atoms with van der Waals surface area (Å²) in [6.07, 6.45) is 0.616. The quantitative estimate of drug-likeness (QED) is 0.818. The van der Waals surface area contributed by atoms with Crippen LogP contribution in [0.5, 0.6) is 0 Å². The molecule has 0 aliphatic heterocycles. The van der Waals surface area contributed by atoms with Crippen LogP contribution in [-0.2, 0) is 10.0 Å². The van der Waals surface area contributed by atoms with Crippen LogP contribution in [0.25, 0.3) is 0 Å². The third-order valence-corrected chi connectivity index (χ3v) is 4.59. The van der Waals surface area contributed by atoms with Crippen molar-refractivity contribution in [2.45, 2.75) is 24.3 Å². The summed E-state index contributed by atoms with van der Waals surface area (Å²) in [5, 5.41) is -0.760. The molecule has 0 spiro atoms. The van der Waals surface area contributed by atoms with Crippen LogP contribution >= 0.6 is 23.2 Å². The molecule has 18 heavy (non-hydrogen) atoms. The Bertz CT molecular complexity index is 537. The molecule has 102 valence electrons. The van der Waals surface area contributed by atoms with Gasteiger partial charge in [0, 0.05) is 12.6 Å². The van der Waals surface area contributed by atoms with E-state index in [1.807, 2.05) is 6.92 Å². The summed E-state index contributed by atoms with van der Waals surface area (Å²) in [7, 11) is -3.90. The molecular formula is C10H13Cl2FN2O2S. The predicted octanol–water partition coefficient (Wildman–Crippen LogP) is 2.15. The van der Waals surface area contributed by atoms with E-state index in [1.54, 1.807) is 0 Å². The second-order valence-corrected chi connectivity index (χ2v) is 6.21. The lowest BCUT2D eigenvalue weighted by Crippen LogP contribution is -2.36. The Hall–Kier alpha value is -0.400. The maximum Gasteiger partial charge on any atom is 0.242 e. The second-order valence-electron chi connectivity index (χ2n) is 3.69. The van der Waals surface area contributed by atoms with E-state index in [1.165, 1.54) is 0 Å². The number of nitrogens with one attached hydrogen (secondary N) is 1. The van der Waals surface area contributed by atoms with Gasteiger partial charge in [-0.3, -0.25) is 0 Å². The molecule has 0 saturated heterocycles. The third-order valence-electron chi connectivity index (χ3n) is 2.35. The van der Waals surface area contributed by atoms with Crippen molar-refractivity contribution in [1.29, 1.82) is 0 Å². The standard InChI is InChI=1S/C10H13Cl2FN2O2S/c1-2-6(14)5-15-18(16,17)8-4-3-7(11)10(13)9(8)12/h3-4,6,15H,2,5,14H2,1H3. The van der Waals surface area contributed by atoms with Crippen molar-refractivity contribution in [2.24, 2.45) is 5.73 Å². The van der Waals surface area contributed by atoms with Crippen LogP contribution in [0.15, 0.2) is 17.0 Å². The van der Waals surface area contributed by atoms with E-state index in [4.69, 9.17) is 28.9 Å². The van der Waals surface area contributed by atoms with Crippen molar-refractivity contribution >= 4 is 33.2 Å². The molecule has 1 atom stereocenters. The summed E-state index contributed by atoms with van der Waals surface area (Å²) < 4.78 is 39.4. The first-order valence-corrected chi connectivity index (χ1v) is 7.42. The maximum atomic E-state index is 13.4. The highest BCUT2D eigenvalue weighted by atomic mass is 35.5. The minimum absolute atomic E-state index is 0.0550. The zero-order chi connectivity index (χ0) is 13.9. The Morgan fingerprint density at radius 3 is 2.61 bits per heavy atom. The van der Waals surface area contributed by atoms with E-state index in [9.17, 15) is 12.8 Å². The summed E-state index contributed by atoms with van der Waals surface area (Å²) in [5.74, 6) is -0.957. The van der Waals surface area contributed by atoms with Crippen molar-refractivity contribution < 1.29 is 12.8 Å². The molecule has 0 heterocycles. The van der Waals surface area contributed by atoms with E-state index in [-0.39, 0.29) is 22.5 Å². The summed E-state index contributed by atoms with van der Waals surface area (Å²) in [5.41, 5.74) is 5.60. The van der Waals surface area contributed by atoms with Crippen LogP contribution in [0.1, 0.15) is 13.3 Å². The van der Waals surface area contributed by atoms with Gasteiger partial charge < -0.3 is 5.73 Å². The van der Waals surface area contributed by atoms with Gasteiger partial charge in [0.1, 0.15) is 4.90 Å². The fourth-order valence-corrected chi connectivity index (χ4v) is 2.99. The van der Waals surface area contributed by atoms with E-state index in [0.29, 0.717) is 6.42 Å². The highest BCUT2D eigenvalue weighted by Gasteiger charge is 2.22. The number of hydrogen-bond donors (Lipinski definition) is 2. The lowest BCUT2D eigenvalue weighted by atomic mass is 10.2. The van der Waals surface area contributed by atoms with E-state index in [2.05, 4.69) is 4.72 Å². The van der Waals surface area contributed by atoms with Crippen molar-refractivity contribution in [1.82, 2.24) is 4.72 Å².